The second-order valence-electron chi connectivity index (χ2n) is 3.88. The van der Waals surface area contributed by atoms with Gasteiger partial charge in [-0.05, 0) is 23.1 Å². The van der Waals surface area contributed by atoms with Gasteiger partial charge in [0.1, 0.15) is 0 Å². The van der Waals surface area contributed by atoms with E-state index in [0.29, 0.717) is 0 Å². The number of carboxylic acids is 1. The number of aromatic nitrogens is 1. The Morgan fingerprint density at radius 3 is 2.88 bits per heavy atom. The van der Waals surface area contributed by atoms with Crippen LogP contribution in [0, 0.1) is 0 Å². The number of rotatable bonds is 3. The van der Waals surface area contributed by atoms with Crippen LogP contribution in [-0.2, 0) is 18.3 Å². The van der Waals surface area contributed by atoms with Crippen molar-refractivity contribution in [3.8, 4) is 0 Å². The monoisotopic (exact) mass is 219 g/mol. The fourth-order valence-electron chi connectivity index (χ4n) is 1.75. The number of aliphatic hydroxyl groups excluding tert-OH is 1. The number of aliphatic hydroxyl groups is 1. The van der Waals surface area contributed by atoms with Crippen molar-refractivity contribution in [3.05, 3.63) is 36.0 Å². The molecule has 1 aromatic heterocycles. The lowest BCUT2D eigenvalue weighted by atomic mass is 10.1. The average molecular weight is 219 g/mol. The molecule has 0 aliphatic carbocycles. The minimum absolute atomic E-state index is 0.135. The van der Waals surface area contributed by atoms with Crippen LogP contribution in [0.4, 0.5) is 0 Å². The van der Waals surface area contributed by atoms with Gasteiger partial charge in [-0.2, -0.15) is 0 Å². The van der Waals surface area contributed by atoms with Crippen molar-refractivity contribution in [2.75, 3.05) is 0 Å². The third-order valence-corrected chi connectivity index (χ3v) is 2.67. The first-order valence-electron chi connectivity index (χ1n) is 5.03. The van der Waals surface area contributed by atoms with Crippen LogP contribution in [0.2, 0.25) is 0 Å². The number of aliphatic carboxylic acids is 1. The predicted octanol–water partition coefficient (Wildman–Crippen LogP) is 1.17. The van der Waals surface area contributed by atoms with Crippen molar-refractivity contribution in [1.82, 2.24) is 4.57 Å². The van der Waals surface area contributed by atoms with E-state index < -0.39 is 12.1 Å². The highest BCUT2D eigenvalue weighted by Crippen LogP contribution is 2.17. The molecule has 0 saturated carbocycles. The molecule has 1 heterocycles. The van der Waals surface area contributed by atoms with Gasteiger partial charge in [0.25, 0.3) is 0 Å². The summed E-state index contributed by atoms with van der Waals surface area (Å²) in [6.07, 6.45) is 0.746. The Bertz CT molecular complexity index is 530. The molecule has 16 heavy (non-hydrogen) atoms. The molecule has 1 unspecified atom stereocenters. The summed E-state index contributed by atoms with van der Waals surface area (Å²) in [6, 6.07) is 7.67. The normalized spacial score (nSPS) is 12.9. The minimum Gasteiger partial charge on any atom is -0.479 e. The Morgan fingerprint density at radius 2 is 2.19 bits per heavy atom. The first-order valence-corrected chi connectivity index (χ1v) is 5.03. The molecule has 0 aliphatic heterocycles. The number of carboxylic acid groups (broad SMARTS) is 1. The smallest absolute Gasteiger partial charge is 0.332 e. The van der Waals surface area contributed by atoms with E-state index >= 15 is 0 Å². The third kappa shape index (κ3) is 1.92. The van der Waals surface area contributed by atoms with Gasteiger partial charge < -0.3 is 14.8 Å². The van der Waals surface area contributed by atoms with E-state index in [1.54, 1.807) is 0 Å². The highest BCUT2D eigenvalue weighted by molar-refractivity contribution is 5.81. The molecule has 0 fully saturated rings. The van der Waals surface area contributed by atoms with Crippen LogP contribution in [0.3, 0.4) is 0 Å². The van der Waals surface area contributed by atoms with Gasteiger partial charge in [0.05, 0.1) is 0 Å². The van der Waals surface area contributed by atoms with Crippen LogP contribution < -0.4 is 0 Å². The maximum atomic E-state index is 10.5. The second kappa shape index (κ2) is 3.98. The molecule has 0 amide bonds. The van der Waals surface area contributed by atoms with Crippen molar-refractivity contribution in [2.45, 2.75) is 12.5 Å². The molecule has 84 valence electrons. The highest BCUT2D eigenvalue weighted by atomic mass is 16.4. The van der Waals surface area contributed by atoms with E-state index in [-0.39, 0.29) is 6.42 Å². The molecule has 4 heteroatoms. The lowest BCUT2D eigenvalue weighted by Gasteiger charge is -2.06. The molecule has 0 spiro atoms. The van der Waals surface area contributed by atoms with Crippen molar-refractivity contribution in [1.29, 1.82) is 0 Å². The largest absolute Gasteiger partial charge is 0.479 e. The number of hydrogen-bond donors (Lipinski definition) is 2. The first kappa shape index (κ1) is 10.7. The van der Waals surface area contributed by atoms with Gasteiger partial charge in [0, 0.05) is 25.2 Å². The number of hydrogen-bond acceptors (Lipinski definition) is 2. The van der Waals surface area contributed by atoms with Crippen molar-refractivity contribution < 1.29 is 15.0 Å². The summed E-state index contributed by atoms with van der Waals surface area (Å²) in [4.78, 5) is 10.5. The molecule has 1 aromatic carbocycles. The molecular weight excluding hydrogens is 206 g/mol. The van der Waals surface area contributed by atoms with Crippen LogP contribution in [0.25, 0.3) is 10.9 Å². The maximum absolute atomic E-state index is 10.5. The van der Waals surface area contributed by atoms with E-state index in [1.165, 1.54) is 0 Å². The van der Waals surface area contributed by atoms with Crippen LogP contribution >= 0.6 is 0 Å². The standard InChI is InChI=1S/C12H13NO3/c1-13-5-4-9-3-2-8(6-10(9)13)7-11(14)12(15)16/h2-6,11,14H,7H2,1H3,(H,15,16). The summed E-state index contributed by atoms with van der Waals surface area (Å²) >= 11 is 0. The summed E-state index contributed by atoms with van der Waals surface area (Å²) in [7, 11) is 1.93. The van der Waals surface area contributed by atoms with Crippen molar-refractivity contribution in [2.24, 2.45) is 7.05 Å². The van der Waals surface area contributed by atoms with Crippen molar-refractivity contribution >= 4 is 16.9 Å². The van der Waals surface area contributed by atoms with Gasteiger partial charge in [0.15, 0.2) is 6.10 Å². The lowest BCUT2D eigenvalue weighted by Crippen LogP contribution is -2.21. The fraction of sp³-hybridized carbons (Fsp3) is 0.250. The zero-order valence-corrected chi connectivity index (χ0v) is 8.92. The molecule has 0 radical (unpaired) electrons. The zero-order valence-electron chi connectivity index (χ0n) is 8.92. The minimum atomic E-state index is -1.34. The van der Waals surface area contributed by atoms with Gasteiger partial charge in [-0.3, -0.25) is 0 Å². The van der Waals surface area contributed by atoms with Gasteiger partial charge in [0.2, 0.25) is 0 Å². The van der Waals surface area contributed by atoms with Gasteiger partial charge >= 0.3 is 5.97 Å². The Kier molecular flexibility index (Phi) is 2.66. The summed E-state index contributed by atoms with van der Waals surface area (Å²) in [6.45, 7) is 0. The molecular formula is C12H13NO3. The van der Waals surface area contributed by atoms with Crippen LogP contribution in [-0.4, -0.2) is 26.9 Å². The summed E-state index contributed by atoms with van der Waals surface area (Å²) in [5.41, 5.74) is 1.86. The molecule has 4 nitrogen and oxygen atoms in total. The molecule has 1 atom stereocenters. The zero-order chi connectivity index (χ0) is 11.7. The van der Waals surface area contributed by atoms with Gasteiger partial charge in [-0.15, -0.1) is 0 Å². The van der Waals surface area contributed by atoms with Crippen molar-refractivity contribution in [3.63, 3.8) is 0 Å². The number of aryl methyl sites for hydroxylation is 1. The van der Waals surface area contributed by atoms with E-state index in [9.17, 15) is 9.90 Å². The first-order chi connectivity index (χ1) is 7.58. The Hall–Kier alpha value is -1.81. The second-order valence-corrected chi connectivity index (χ2v) is 3.88. The fourth-order valence-corrected chi connectivity index (χ4v) is 1.75. The third-order valence-electron chi connectivity index (χ3n) is 2.67. The van der Waals surface area contributed by atoms with Crippen LogP contribution in [0.15, 0.2) is 30.5 Å². The maximum Gasteiger partial charge on any atom is 0.332 e. The Labute approximate surface area is 92.7 Å². The van der Waals surface area contributed by atoms with E-state index in [0.717, 1.165) is 16.5 Å². The topological polar surface area (TPSA) is 62.5 Å². The summed E-state index contributed by atoms with van der Waals surface area (Å²) in [5.74, 6) is -1.19. The summed E-state index contributed by atoms with van der Waals surface area (Å²) < 4.78 is 1.96. The Balaban J connectivity index is 2.32. The molecule has 2 aromatic rings. The number of fused-ring (bicyclic) bond motifs is 1. The van der Waals surface area contributed by atoms with Crippen LogP contribution in [0.5, 0.6) is 0 Å². The van der Waals surface area contributed by atoms with Gasteiger partial charge in [-0.25, -0.2) is 4.79 Å². The SMILES string of the molecule is Cn1ccc2ccc(CC(O)C(=O)O)cc21. The Morgan fingerprint density at radius 1 is 1.44 bits per heavy atom. The van der Waals surface area contributed by atoms with E-state index in [2.05, 4.69) is 0 Å². The van der Waals surface area contributed by atoms with Crippen LogP contribution in [0.1, 0.15) is 5.56 Å². The molecule has 0 saturated heterocycles. The van der Waals surface area contributed by atoms with E-state index in [1.807, 2.05) is 42.1 Å². The average Bonchev–Trinajstić information content (AvgIpc) is 2.60. The molecule has 0 bridgehead atoms. The summed E-state index contributed by atoms with van der Waals surface area (Å²) in [5, 5.41) is 19.0. The molecule has 2 N–H and O–H groups in total. The number of carbonyl (C=O) groups is 1. The quantitative estimate of drug-likeness (QED) is 0.814. The van der Waals surface area contributed by atoms with Gasteiger partial charge in [-0.1, -0.05) is 12.1 Å². The number of benzene rings is 1. The number of nitrogens with zero attached hydrogens (tertiary/aromatic N) is 1. The molecule has 2 rings (SSSR count). The molecule has 0 aliphatic rings. The van der Waals surface area contributed by atoms with E-state index in [4.69, 9.17) is 5.11 Å². The predicted molar refractivity (Wildman–Crippen MR) is 60.3 cm³/mol. The lowest BCUT2D eigenvalue weighted by molar-refractivity contribution is -0.146. The highest BCUT2D eigenvalue weighted by Gasteiger charge is 2.13.